The summed E-state index contributed by atoms with van der Waals surface area (Å²) in [4.78, 5) is 30.6. The number of ether oxygens (including phenoxy) is 1. The van der Waals surface area contributed by atoms with E-state index < -0.39 is 17.5 Å². The minimum absolute atomic E-state index is 0.192. The van der Waals surface area contributed by atoms with Crippen LogP contribution in [-0.4, -0.2) is 67.0 Å². The first-order chi connectivity index (χ1) is 15.9. The Morgan fingerprint density at radius 3 is 2.58 bits per heavy atom. The van der Waals surface area contributed by atoms with Gasteiger partial charge in [-0.1, -0.05) is 0 Å². The van der Waals surface area contributed by atoms with Crippen LogP contribution in [0.5, 0.6) is 5.75 Å². The molecule has 6 nitrogen and oxygen atoms in total. The molecule has 2 amide bonds. The predicted octanol–water partition coefficient (Wildman–Crippen LogP) is 3.71. The average Bonchev–Trinajstić information content (AvgIpc) is 3.23. The Hall–Kier alpha value is -3.00. The van der Waals surface area contributed by atoms with Crippen molar-refractivity contribution in [3.05, 3.63) is 59.7 Å². The second-order valence-electron chi connectivity index (χ2n) is 8.62. The normalized spacial score (nSPS) is 19.2. The zero-order valence-electron chi connectivity index (χ0n) is 18.8. The van der Waals surface area contributed by atoms with Crippen molar-refractivity contribution in [3.63, 3.8) is 0 Å². The Morgan fingerprint density at radius 2 is 1.88 bits per heavy atom. The maximum Gasteiger partial charge on any atom is 0.257 e. The van der Waals surface area contributed by atoms with Crippen LogP contribution >= 0.6 is 0 Å². The predicted molar refractivity (Wildman–Crippen MR) is 121 cm³/mol. The van der Waals surface area contributed by atoms with E-state index in [0.29, 0.717) is 18.3 Å². The van der Waals surface area contributed by atoms with E-state index in [9.17, 15) is 18.4 Å². The number of nitrogens with zero attached hydrogens (tertiary/aromatic N) is 3. The van der Waals surface area contributed by atoms with Gasteiger partial charge in [0.15, 0.2) is 0 Å². The molecule has 0 aromatic heterocycles. The van der Waals surface area contributed by atoms with Gasteiger partial charge in [0.1, 0.15) is 23.9 Å². The van der Waals surface area contributed by atoms with Gasteiger partial charge in [0, 0.05) is 31.4 Å². The van der Waals surface area contributed by atoms with Gasteiger partial charge in [-0.05, 0) is 75.2 Å². The third-order valence-electron chi connectivity index (χ3n) is 6.36. The van der Waals surface area contributed by atoms with Crippen LogP contribution < -0.4 is 9.64 Å². The Balaban J connectivity index is 1.28. The topological polar surface area (TPSA) is 53.1 Å². The second-order valence-corrected chi connectivity index (χ2v) is 8.62. The van der Waals surface area contributed by atoms with Gasteiger partial charge < -0.3 is 19.4 Å². The minimum atomic E-state index is -0.804. The van der Waals surface area contributed by atoms with Crippen LogP contribution in [0.25, 0.3) is 0 Å². The van der Waals surface area contributed by atoms with Gasteiger partial charge in [-0.15, -0.1) is 0 Å². The van der Waals surface area contributed by atoms with Crippen molar-refractivity contribution in [1.82, 2.24) is 9.80 Å². The summed E-state index contributed by atoms with van der Waals surface area (Å²) < 4.78 is 33.2. The number of anilines is 1. The summed E-state index contributed by atoms with van der Waals surface area (Å²) in [6.45, 7) is 5.42. The third kappa shape index (κ3) is 5.50. The summed E-state index contributed by atoms with van der Waals surface area (Å²) in [5.74, 6) is -1.72. The number of piperazine rings is 1. The highest BCUT2D eigenvalue weighted by Crippen LogP contribution is 2.23. The molecule has 0 N–H and O–H groups in total. The summed E-state index contributed by atoms with van der Waals surface area (Å²) in [6.07, 6.45) is 3.50. The first-order valence-electron chi connectivity index (χ1n) is 11.4. The molecule has 0 spiro atoms. The first-order valence-corrected chi connectivity index (χ1v) is 11.4. The van der Waals surface area contributed by atoms with Crippen molar-refractivity contribution in [2.75, 3.05) is 44.2 Å². The largest absolute Gasteiger partial charge is 0.494 e. The Morgan fingerprint density at radius 1 is 1.09 bits per heavy atom. The van der Waals surface area contributed by atoms with Crippen molar-refractivity contribution < 1.29 is 23.1 Å². The van der Waals surface area contributed by atoms with E-state index in [4.69, 9.17) is 4.74 Å². The van der Waals surface area contributed by atoms with Crippen LogP contribution in [-0.2, 0) is 4.79 Å². The van der Waals surface area contributed by atoms with E-state index in [1.54, 1.807) is 4.90 Å². The quantitative estimate of drug-likeness (QED) is 0.595. The third-order valence-corrected chi connectivity index (χ3v) is 6.36. The lowest BCUT2D eigenvalue weighted by molar-refractivity contribution is -0.120. The van der Waals surface area contributed by atoms with Gasteiger partial charge in [-0.2, -0.15) is 0 Å². The highest BCUT2D eigenvalue weighted by atomic mass is 19.1. The molecule has 0 bridgehead atoms. The number of benzene rings is 2. The Bertz CT molecular complexity index is 999. The molecule has 0 aliphatic carbocycles. The van der Waals surface area contributed by atoms with Crippen LogP contribution in [0.3, 0.4) is 0 Å². The smallest absolute Gasteiger partial charge is 0.257 e. The van der Waals surface area contributed by atoms with Gasteiger partial charge in [-0.25, -0.2) is 8.78 Å². The van der Waals surface area contributed by atoms with E-state index >= 15 is 0 Å². The number of halogens is 2. The van der Waals surface area contributed by atoms with Crippen LogP contribution in [0, 0.1) is 11.6 Å². The average molecular weight is 458 g/mol. The molecule has 0 saturated carbocycles. The number of likely N-dealkylation sites (tertiary alicyclic amines) is 1. The summed E-state index contributed by atoms with van der Waals surface area (Å²) in [5.41, 5.74) is 0.346. The molecule has 33 heavy (non-hydrogen) atoms. The zero-order valence-corrected chi connectivity index (χ0v) is 18.8. The maximum atomic E-state index is 13.9. The van der Waals surface area contributed by atoms with Crippen LogP contribution in [0.4, 0.5) is 14.5 Å². The molecule has 176 valence electrons. The monoisotopic (exact) mass is 457 g/mol. The highest BCUT2D eigenvalue weighted by molar-refractivity contribution is 6.01. The van der Waals surface area contributed by atoms with E-state index in [1.165, 1.54) is 24.3 Å². The number of hydrogen-bond donors (Lipinski definition) is 0. The fourth-order valence-corrected chi connectivity index (χ4v) is 4.46. The van der Waals surface area contributed by atoms with Crippen molar-refractivity contribution in [3.8, 4) is 5.75 Å². The molecule has 2 fully saturated rings. The van der Waals surface area contributed by atoms with Gasteiger partial charge in [-0.3, -0.25) is 9.59 Å². The SMILES string of the molecule is C[C@@H]1CCCN1CCCOc1ccc(N2CCN(C(=O)c3cc(F)ccc3F)CC2=O)cc1. The van der Waals surface area contributed by atoms with Crippen molar-refractivity contribution >= 4 is 17.5 Å². The molecule has 2 aliphatic heterocycles. The molecule has 2 aromatic rings. The Labute approximate surface area is 192 Å². The lowest BCUT2D eigenvalue weighted by Gasteiger charge is -2.34. The molecule has 2 aromatic carbocycles. The fraction of sp³-hybridized carbons (Fsp3) is 0.440. The van der Waals surface area contributed by atoms with Gasteiger partial charge in [0.05, 0.1) is 12.2 Å². The molecule has 2 saturated heterocycles. The van der Waals surface area contributed by atoms with Gasteiger partial charge >= 0.3 is 0 Å². The number of rotatable bonds is 7. The lowest BCUT2D eigenvalue weighted by Crippen LogP contribution is -2.52. The van der Waals surface area contributed by atoms with Gasteiger partial charge in [0.25, 0.3) is 5.91 Å². The van der Waals surface area contributed by atoms with Gasteiger partial charge in [0.2, 0.25) is 5.91 Å². The molecular weight excluding hydrogens is 428 g/mol. The molecular formula is C25H29F2N3O3. The maximum absolute atomic E-state index is 13.9. The van der Waals surface area contributed by atoms with E-state index in [2.05, 4.69) is 11.8 Å². The number of amides is 2. The Kier molecular flexibility index (Phi) is 7.23. The van der Waals surface area contributed by atoms with E-state index in [-0.39, 0.29) is 31.1 Å². The fourth-order valence-electron chi connectivity index (χ4n) is 4.46. The van der Waals surface area contributed by atoms with Crippen molar-refractivity contribution in [2.45, 2.75) is 32.2 Å². The van der Waals surface area contributed by atoms with E-state index in [0.717, 1.165) is 36.9 Å². The molecule has 8 heteroatoms. The summed E-state index contributed by atoms with van der Waals surface area (Å²) in [6, 6.07) is 10.7. The molecule has 4 rings (SSSR count). The summed E-state index contributed by atoms with van der Waals surface area (Å²) >= 11 is 0. The van der Waals surface area contributed by atoms with Crippen molar-refractivity contribution in [1.29, 1.82) is 0 Å². The number of hydrogen-bond acceptors (Lipinski definition) is 4. The lowest BCUT2D eigenvalue weighted by atomic mass is 10.1. The van der Waals surface area contributed by atoms with Crippen LogP contribution in [0.15, 0.2) is 42.5 Å². The number of carbonyl (C=O) groups is 2. The molecule has 2 aliphatic rings. The number of carbonyl (C=O) groups excluding carboxylic acids is 2. The first kappa shape index (κ1) is 23.2. The molecule has 1 atom stereocenters. The molecule has 0 unspecified atom stereocenters. The summed E-state index contributed by atoms with van der Waals surface area (Å²) in [5, 5.41) is 0. The molecule has 0 radical (unpaired) electrons. The van der Waals surface area contributed by atoms with Crippen LogP contribution in [0.2, 0.25) is 0 Å². The highest BCUT2D eigenvalue weighted by Gasteiger charge is 2.30. The van der Waals surface area contributed by atoms with Crippen LogP contribution in [0.1, 0.15) is 36.5 Å². The zero-order chi connectivity index (χ0) is 23.4. The van der Waals surface area contributed by atoms with Crippen molar-refractivity contribution in [2.24, 2.45) is 0 Å². The van der Waals surface area contributed by atoms with E-state index in [1.807, 2.05) is 24.3 Å². The molecule has 2 heterocycles. The standard InChI is InChI=1S/C25H29F2N3O3/c1-18-4-2-11-28(18)12-3-15-33-21-8-6-20(7-9-21)30-14-13-29(17-24(30)31)25(32)22-16-19(26)5-10-23(22)27/h5-10,16,18H,2-4,11-15,17H2,1H3/t18-/m1/s1. The summed E-state index contributed by atoms with van der Waals surface area (Å²) in [7, 11) is 0. The minimum Gasteiger partial charge on any atom is -0.494 e. The second kappa shape index (κ2) is 10.3.